The lowest BCUT2D eigenvalue weighted by atomic mass is 9.91. The minimum absolute atomic E-state index is 0.362. The third-order valence-corrected chi connectivity index (χ3v) is 5.74. The van der Waals surface area contributed by atoms with Crippen molar-refractivity contribution in [1.29, 1.82) is 0 Å². The second-order valence-corrected chi connectivity index (χ2v) is 8.04. The normalized spacial score (nSPS) is 11.0. The van der Waals surface area contributed by atoms with Crippen molar-refractivity contribution in [3.63, 3.8) is 0 Å². The summed E-state index contributed by atoms with van der Waals surface area (Å²) in [6.45, 7) is 2.27. The first kappa shape index (κ1) is 19.8. The van der Waals surface area contributed by atoms with E-state index in [1.807, 2.05) is 24.3 Å². The van der Waals surface area contributed by atoms with Gasteiger partial charge >= 0.3 is 0 Å². The van der Waals surface area contributed by atoms with Crippen LogP contribution in [-0.2, 0) is 12.8 Å². The summed E-state index contributed by atoms with van der Waals surface area (Å²) in [6.07, 6.45) is 1.85. The molecule has 4 aromatic carbocycles. The van der Waals surface area contributed by atoms with Crippen LogP contribution in [0.1, 0.15) is 46.2 Å². The van der Waals surface area contributed by atoms with Gasteiger partial charge in [-0.15, -0.1) is 0 Å². The first-order valence-corrected chi connectivity index (χ1v) is 10.4. The SMILES string of the molecule is CC(c1ccc(Cc2ccc(N)cc2)cc1)c1ccc(Cc2ccc(N)cc2)cc1. The van der Waals surface area contributed by atoms with E-state index in [0.717, 1.165) is 24.2 Å². The molecular formula is C28H28N2. The van der Waals surface area contributed by atoms with Crippen LogP contribution in [0.15, 0.2) is 97.1 Å². The van der Waals surface area contributed by atoms with E-state index in [0.29, 0.717) is 5.92 Å². The Bertz CT molecular complexity index is 986. The Morgan fingerprint density at radius 3 is 1.03 bits per heavy atom. The maximum absolute atomic E-state index is 5.78. The number of nitrogen functional groups attached to an aromatic ring is 2. The monoisotopic (exact) mass is 392 g/mol. The molecule has 4 rings (SSSR count). The van der Waals surface area contributed by atoms with Crippen molar-refractivity contribution in [3.05, 3.63) is 130 Å². The fourth-order valence-electron chi connectivity index (χ4n) is 3.78. The molecule has 0 saturated heterocycles. The molecular weight excluding hydrogens is 364 g/mol. The lowest BCUT2D eigenvalue weighted by molar-refractivity contribution is 0.918. The van der Waals surface area contributed by atoms with Crippen molar-refractivity contribution in [2.45, 2.75) is 25.7 Å². The Labute approximate surface area is 179 Å². The molecule has 30 heavy (non-hydrogen) atoms. The van der Waals surface area contributed by atoms with Gasteiger partial charge in [-0.25, -0.2) is 0 Å². The molecule has 2 nitrogen and oxygen atoms in total. The molecule has 0 amide bonds. The van der Waals surface area contributed by atoms with Crippen LogP contribution in [0.5, 0.6) is 0 Å². The Morgan fingerprint density at radius 2 is 0.733 bits per heavy atom. The Balaban J connectivity index is 1.41. The van der Waals surface area contributed by atoms with Crippen molar-refractivity contribution >= 4 is 11.4 Å². The fourth-order valence-corrected chi connectivity index (χ4v) is 3.78. The summed E-state index contributed by atoms with van der Waals surface area (Å²) >= 11 is 0. The van der Waals surface area contributed by atoms with Gasteiger partial charge in [0, 0.05) is 17.3 Å². The first-order valence-electron chi connectivity index (χ1n) is 10.4. The van der Waals surface area contributed by atoms with E-state index in [4.69, 9.17) is 11.5 Å². The van der Waals surface area contributed by atoms with Crippen molar-refractivity contribution in [1.82, 2.24) is 0 Å². The highest BCUT2D eigenvalue weighted by atomic mass is 14.5. The molecule has 2 heteroatoms. The van der Waals surface area contributed by atoms with Gasteiger partial charge in [0.2, 0.25) is 0 Å². The Hall–Kier alpha value is -3.52. The lowest BCUT2D eigenvalue weighted by Crippen LogP contribution is -1.98. The van der Waals surface area contributed by atoms with Gasteiger partial charge in [-0.3, -0.25) is 0 Å². The molecule has 0 aromatic heterocycles. The van der Waals surface area contributed by atoms with E-state index < -0.39 is 0 Å². The van der Waals surface area contributed by atoms with Crippen LogP contribution in [0, 0.1) is 0 Å². The predicted octanol–water partition coefficient (Wildman–Crippen LogP) is 6.18. The standard InChI is InChI=1S/C28H28N2/c1-20(25-10-2-21(3-11-25)18-23-6-14-27(29)15-7-23)26-12-4-22(5-13-26)19-24-8-16-28(30)17-9-24/h2-17,20H,18-19,29-30H2,1H3. The lowest BCUT2D eigenvalue weighted by Gasteiger charge is -2.14. The summed E-state index contributed by atoms with van der Waals surface area (Å²) in [5.74, 6) is 0.362. The number of anilines is 2. The topological polar surface area (TPSA) is 52.0 Å². The van der Waals surface area contributed by atoms with Crippen LogP contribution in [0.2, 0.25) is 0 Å². The molecule has 0 heterocycles. The number of hydrogen-bond acceptors (Lipinski definition) is 2. The quantitative estimate of drug-likeness (QED) is 0.385. The Morgan fingerprint density at radius 1 is 0.467 bits per heavy atom. The van der Waals surface area contributed by atoms with Crippen LogP contribution in [-0.4, -0.2) is 0 Å². The molecule has 4 N–H and O–H groups in total. The minimum Gasteiger partial charge on any atom is -0.399 e. The molecule has 0 radical (unpaired) electrons. The molecule has 4 aromatic rings. The maximum atomic E-state index is 5.78. The molecule has 0 aliphatic rings. The number of nitrogens with two attached hydrogens (primary N) is 2. The highest BCUT2D eigenvalue weighted by Crippen LogP contribution is 2.26. The highest BCUT2D eigenvalue weighted by molar-refractivity contribution is 5.43. The van der Waals surface area contributed by atoms with E-state index >= 15 is 0 Å². The van der Waals surface area contributed by atoms with Crippen molar-refractivity contribution in [2.75, 3.05) is 11.5 Å². The van der Waals surface area contributed by atoms with Gasteiger partial charge in [0.1, 0.15) is 0 Å². The van der Waals surface area contributed by atoms with E-state index in [1.165, 1.54) is 33.4 Å². The number of rotatable bonds is 6. The number of hydrogen-bond donors (Lipinski definition) is 2. The third kappa shape index (κ3) is 4.90. The average Bonchev–Trinajstić information content (AvgIpc) is 2.77. The highest BCUT2D eigenvalue weighted by Gasteiger charge is 2.09. The average molecular weight is 393 g/mol. The van der Waals surface area contributed by atoms with Crippen molar-refractivity contribution in [3.8, 4) is 0 Å². The van der Waals surface area contributed by atoms with E-state index in [-0.39, 0.29) is 0 Å². The van der Waals surface area contributed by atoms with Crippen LogP contribution in [0.4, 0.5) is 11.4 Å². The van der Waals surface area contributed by atoms with E-state index in [1.54, 1.807) is 0 Å². The summed E-state index contributed by atoms with van der Waals surface area (Å²) in [5, 5.41) is 0. The molecule has 0 fully saturated rings. The van der Waals surface area contributed by atoms with Crippen LogP contribution in [0.25, 0.3) is 0 Å². The molecule has 0 bridgehead atoms. The molecule has 0 spiro atoms. The molecule has 0 saturated carbocycles. The minimum atomic E-state index is 0.362. The van der Waals surface area contributed by atoms with Crippen LogP contribution >= 0.6 is 0 Å². The molecule has 0 unspecified atom stereocenters. The largest absolute Gasteiger partial charge is 0.399 e. The van der Waals surface area contributed by atoms with Gasteiger partial charge in [0.25, 0.3) is 0 Å². The first-order chi connectivity index (χ1) is 14.6. The van der Waals surface area contributed by atoms with Crippen LogP contribution < -0.4 is 11.5 Å². The van der Waals surface area contributed by atoms with Gasteiger partial charge in [-0.1, -0.05) is 79.7 Å². The summed E-state index contributed by atoms with van der Waals surface area (Å²) in [5.41, 5.74) is 21.0. The van der Waals surface area contributed by atoms with E-state index in [9.17, 15) is 0 Å². The molecule has 0 atom stereocenters. The van der Waals surface area contributed by atoms with Gasteiger partial charge in [-0.2, -0.15) is 0 Å². The van der Waals surface area contributed by atoms with Gasteiger partial charge in [0.05, 0.1) is 0 Å². The summed E-state index contributed by atoms with van der Waals surface area (Å²) in [6, 6.07) is 34.2. The smallest absolute Gasteiger partial charge is 0.0314 e. The maximum Gasteiger partial charge on any atom is 0.0314 e. The number of benzene rings is 4. The van der Waals surface area contributed by atoms with Crippen LogP contribution in [0.3, 0.4) is 0 Å². The van der Waals surface area contributed by atoms with Gasteiger partial charge in [-0.05, 0) is 70.5 Å². The van der Waals surface area contributed by atoms with Crippen molar-refractivity contribution < 1.29 is 0 Å². The summed E-state index contributed by atoms with van der Waals surface area (Å²) < 4.78 is 0. The zero-order chi connectivity index (χ0) is 20.9. The van der Waals surface area contributed by atoms with Gasteiger partial charge in [0.15, 0.2) is 0 Å². The van der Waals surface area contributed by atoms with E-state index in [2.05, 4.69) is 79.7 Å². The zero-order valence-corrected chi connectivity index (χ0v) is 17.4. The molecule has 0 aliphatic carbocycles. The summed E-state index contributed by atoms with van der Waals surface area (Å²) in [4.78, 5) is 0. The fraction of sp³-hybridized carbons (Fsp3) is 0.143. The zero-order valence-electron chi connectivity index (χ0n) is 17.4. The summed E-state index contributed by atoms with van der Waals surface area (Å²) in [7, 11) is 0. The molecule has 150 valence electrons. The third-order valence-electron chi connectivity index (χ3n) is 5.74. The van der Waals surface area contributed by atoms with Crippen molar-refractivity contribution in [2.24, 2.45) is 0 Å². The second kappa shape index (κ2) is 8.87. The predicted molar refractivity (Wildman–Crippen MR) is 128 cm³/mol. The Kier molecular flexibility index (Phi) is 5.85. The second-order valence-electron chi connectivity index (χ2n) is 8.04. The van der Waals surface area contributed by atoms with Gasteiger partial charge < -0.3 is 11.5 Å². The molecule has 0 aliphatic heterocycles.